The average Bonchev–Trinajstić information content (AvgIpc) is 3.44. The Morgan fingerprint density at radius 1 is 1.23 bits per heavy atom. The fourth-order valence-corrected chi connectivity index (χ4v) is 3.90. The lowest BCUT2D eigenvalue weighted by Gasteiger charge is -2.13. The normalized spacial score (nSPS) is 15.1. The zero-order valence-electron chi connectivity index (χ0n) is 14.4. The number of hydrogen-bond acceptors (Lipinski definition) is 4. The third-order valence-corrected chi connectivity index (χ3v) is 5.64. The molecule has 0 spiro atoms. The first-order valence-corrected chi connectivity index (χ1v) is 9.88. The number of carbonyl (C=O) groups excluding carboxylic acids is 1. The maximum atomic E-state index is 12.6. The highest BCUT2D eigenvalue weighted by Gasteiger charge is 2.28. The predicted octanol–water partition coefficient (Wildman–Crippen LogP) is 3.32. The van der Waals surface area contributed by atoms with Crippen LogP contribution in [0.1, 0.15) is 28.8 Å². The molecule has 1 atom stereocenters. The van der Waals surface area contributed by atoms with Crippen molar-refractivity contribution in [3.63, 3.8) is 0 Å². The second-order valence-electron chi connectivity index (χ2n) is 6.72. The number of imidazole rings is 1. The molecule has 1 aliphatic rings. The molecule has 2 aromatic carbocycles. The lowest BCUT2D eigenvalue weighted by molar-refractivity contribution is 0.0949. The number of carbonyl (C=O) groups is 1. The van der Waals surface area contributed by atoms with Crippen LogP contribution in [0.15, 0.2) is 53.7 Å². The minimum atomic E-state index is -0.0538. The van der Waals surface area contributed by atoms with Gasteiger partial charge in [-0.2, -0.15) is 0 Å². The van der Waals surface area contributed by atoms with Gasteiger partial charge in [-0.25, -0.2) is 4.98 Å². The molecule has 0 bridgehead atoms. The number of thioether (sulfide) groups is 1. The van der Waals surface area contributed by atoms with Gasteiger partial charge in [0.1, 0.15) is 0 Å². The molecule has 1 aliphatic carbocycles. The molecule has 1 fully saturated rings. The number of nitrogens with two attached hydrogens (primary N) is 1. The number of nitrogens with one attached hydrogen (secondary N) is 2. The van der Waals surface area contributed by atoms with Crippen molar-refractivity contribution >= 4 is 28.7 Å². The Balaban J connectivity index is 1.42. The summed E-state index contributed by atoms with van der Waals surface area (Å²) in [5, 5.41) is 3.84. The summed E-state index contributed by atoms with van der Waals surface area (Å²) < 4.78 is 0. The van der Waals surface area contributed by atoms with Crippen LogP contribution in [-0.2, 0) is 5.75 Å². The van der Waals surface area contributed by atoms with Crippen LogP contribution in [0.4, 0.5) is 0 Å². The van der Waals surface area contributed by atoms with Gasteiger partial charge in [0.05, 0.1) is 11.0 Å². The second kappa shape index (κ2) is 7.51. The number of benzene rings is 2. The highest BCUT2D eigenvalue weighted by Crippen LogP contribution is 2.31. The van der Waals surface area contributed by atoms with Crippen LogP contribution >= 0.6 is 11.8 Å². The number of amides is 1. The fourth-order valence-electron chi connectivity index (χ4n) is 3.01. The summed E-state index contributed by atoms with van der Waals surface area (Å²) in [6.07, 6.45) is 2.36. The van der Waals surface area contributed by atoms with Gasteiger partial charge in [-0.15, -0.1) is 0 Å². The number of aromatic amines is 1. The molecule has 134 valence electrons. The Labute approximate surface area is 156 Å². The van der Waals surface area contributed by atoms with E-state index < -0.39 is 0 Å². The summed E-state index contributed by atoms with van der Waals surface area (Å²) in [6.45, 7) is 0.536. The molecule has 3 aromatic rings. The smallest absolute Gasteiger partial charge is 0.251 e. The van der Waals surface area contributed by atoms with E-state index in [-0.39, 0.29) is 11.9 Å². The zero-order chi connectivity index (χ0) is 17.9. The van der Waals surface area contributed by atoms with Crippen LogP contribution in [0.25, 0.3) is 11.0 Å². The highest BCUT2D eigenvalue weighted by atomic mass is 32.2. The quantitative estimate of drug-likeness (QED) is 0.560. The summed E-state index contributed by atoms with van der Waals surface area (Å²) in [4.78, 5) is 20.5. The van der Waals surface area contributed by atoms with E-state index in [9.17, 15) is 4.79 Å². The van der Waals surface area contributed by atoms with Crippen molar-refractivity contribution in [1.29, 1.82) is 0 Å². The third kappa shape index (κ3) is 3.92. The lowest BCUT2D eigenvalue weighted by atomic mass is 10.1. The molecule has 1 heterocycles. The van der Waals surface area contributed by atoms with Crippen LogP contribution in [0.3, 0.4) is 0 Å². The number of rotatable bonds is 7. The standard InChI is InChI=1S/C20H22N4OS/c21-16(13-9-10-13)11-22-19(25)15-6-2-1-5-14(15)12-26-20-23-17-7-3-4-8-18(17)24-20/h1-8,13,16H,9-12,21H2,(H,22,25)(H,23,24). The monoisotopic (exact) mass is 366 g/mol. The number of fused-ring (bicyclic) bond motifs is 1. The van der Waals surface area contributed by atoms with Crippen LogP contribution in [0.2, 0.25) is 0 Å². The van der Waals surface area contributed by atoms with Gasteiger partial charge in [0, 0.05) is 23.9 Å². The Hall–Kier alpha value is -2.31. The molecule has 1 saturated carbocycles. The zero-order valence-corrected chi connectivity index (χ0v) is 15.3. The Kier molecular flexibility index (Phi) is 4.95. The molecular formula is C20H22N4OS. The lowest BCUT2D eigenvalue weighted by Crippen LogP contribution is -2.38. The van der Waals surface area contributed by atoms with Crippen LogP contribution in [-0.4, -0.2) is 28.5 Å². The average molecular weight is 366 g/mol. The van der Waals surface area contributed by atoms with Crippen molar-refractivity contribution in [3.05, 3.63) is 59.7 Å². The van der Waals surface area contributed by atoms with E-state index in [1.165, 1.54) is 12.8 Å². The first-order valence-electron chi connectivity index (χ1n) is 8.90. The molecule has 6 heteroatoms. The van der Waals surface area contributed by atoms with Gasteiger partial charge in [-0.1, -0.05) is 42.1 Å². The van der Waals surface area contributed by atoms with Crippen molar-refractivity contribution < 1.29 is 4.79 Å². The van der Waals surface area contributed by atoms with Gasteiger partial charge >= 0.3 is 0 Å². The SMILES string of the molecule is NC(CNC(=O)c1ccccc1CSc1nc2ccccc2[nH]1)C1CC1. The van der Waals surface area contributed by atoms with E-state index in [4.69, 9.17) is 5.73 Å². The summed E-state index contributed by atoms with van der Waals surface area (Å²) >= 11 is 1.60. The van der Waals surface area contributed by atoms with E-state index in [1.54, 1.807) is 11.8 Å². The van der Waals surface area contributed by atoms with E-state index in [2.05, 4.69) is 15.3 Å². The number of nitrogens with zero attached hydrogens (tertiary/aromatic N) is 1. The van der Waals surface area contributed by atoms with Gasteiger partial charge < -0.3 is 16.0 Å². The second-order valence-corrected chi connectivity index (χ2v) is 7.68. The third-order valence-electron chi connectivity index (χ3n) is 4.72. The van der Waals surface area contributed by atoms with Gasteiger partial charge in [0.15, 0.2) is 5.16 Å². The first-order chi connectivity index (χ1) is 12.7. The summed E-state index contributed by atoms with van der Waals surface area (Å²) in [5.74, 6) is 1.20. The van der Waals surface area contributed by atoms with Crippen LogP contribution in [0, 0.1) is 5.92 Å². The molecule has 1 aromatic heterocycles. The van der Waals surface area contributed by atoms with E-state index in [0.29, 0.717) is 23.8 Å². The topological polar surface area (TPSA) is 83.8 Å². The number of H-pyrrole nitrogens is 1. The van der Waals surface area contributed by atoms with Crippen molar-refractivity contribution in [1.82, 2.24) is 15.3 Å². The van der Waals surface area contributed by atoms with E-state index >= 15 is 0 Å². The van der Waals surface area contributed by atoms with Crippen LogP contribution in [0.5, 0.6) is 0 Å². The Bertz CT molecular complexity index is 886. The van der Waals surface area contributed by atoms with Crippen molar-refractivity contribution in [3.8, 4) is 0 Å². The molecular weight excluding hydrogens is 344 g/mol. The van der Waals surface area contributed by atoms with Crippen molar-refractivity contribution in [2.45, 2.75) is 29.8 Å². The molecule has 1 amide bonds. The van der Waals surface area contributed by atoms with Crippen molar-refractivity contribution in [2.75, 3.05) is 6.54 Å². The predicted molar refractivity (Wildman–Crippen MR) is 105 cm³/mol. The molecule has 4 N–H and O–H groups in total. The number of aromatic nitrogens is 2. The summed E-state index contributed by atoms with van der Waals surface area (Å²) in [5.41, 5.74) is 9.76. The summed E-state index contributed by atoms with van der Waals surface area (Å²) in [7, 11) is 0. The maximum Gasteiger partial charge on any atom is 0.251 e. The van der Waals surface area contributed by atoms with E-state index in [0.717, 1.165) is 21.8 Å². The van der Waals surface area contributed by atoms with Gasteiger partial charge in [-0.3, -0.25) is 4.79 Å². The molecule has 0 aliphatic heterocycles. The minimum Gasteiger partial charge on any atom is -0.350 e. The van der Waals surface area contributed by atoms with Gasteiger partial charge in [0.2, 0.25) is 0 Å². The van der Waals surface area contributed by atoms with Crippen LogP contribution < -0.4 is 11.1 Å². The summed E-state index contributed by atoms with van der Waals surface area (Å²) in [6, 6.07) is 15.7. The molecule has 1 unspecified atom stereocenters. The minimum absolute atomic E-state index is 0.0538. The molecule has 0 saturated heterocycles. The fraction of sp³-hybridized carbons (Fsp3) is 0.300. The first kappa shape index (κ1) is 17.1. The highest BCUT2D eigenvalue weighted by molar-refractivity contribution is 7.98. The van der Waals surface area contributed by atoms with Gasteiger partial charge in [0.25, 0.3) is 5.91 Å². The Morgan fingerprint density at radius 3 is 2.81 bits per heavy atom. The number of para-hydroxylation sites is 2. The number of hydrogen-bond donors (Lipinski definition) is 3. The maximum absolute atomic E-state index is 12.6. The molecule has 4 rings (SSSR count). The van der Waals surface area contributed by atoms with E-state index in [1.807, 2.05) is 48.5 Å². The Morgan fingerprint density at radius 2 is 2.00 bits per heavy atom. The van der Waals surface area contributed by atoms with Gasteiger partial charge in [-0.05, 0) is 42.5 Å². The molecule has 26 heavy (non-hydrogen) atoms. The largest absolute Gasteiger partial charge is 0.350 e. The molecule has 0 radical (unpaired) electrons. The molecule has 5 nitrogen and oxygen atoms in total. The van der Waals surface area contributed by atoms with Crippen molar-refractivity contribution in [2.24, 2.45) is 11.7 Å².